The van der Waals surface area contributed by atoms with E-state index in [-0.39, 0.29) is 17.3 Å². The Morgan fingerprint density at radius 3 is 2.88 bits per heavy atom. The molecular formula is C12H13F2NO. The number of hydrogen-bond acceptors (Lipinski definition) is 2. The van der Waals surface area contributed by atoms with Crippen molar-refractivity contribution in [2.24, 2.45) is 5.92 Å². The van der Waals surface area contributed by atoms with Gasteiger partial charge in [0.05, 0.1) is 5.56 Å². The summed E-state index contributed by atoms with van der Waals surface area (Å²) in [5.41, 5.74) is -0.131. The summed E-state index contributed by atoms with van der Waals surface area (Å²) in [5.74, 6) is -2.53. The first kappa shape index (κ1) is 11.2. The van der Waals surface area contributed by atoms with Crippen LogP contribution in [0.2, 0.25) is 0 Å². The lowest BCUT2D eigenvalue weighted by Gasteiger charge is -2.21. The molecule has 2 nitrogen and oxygen atoms in total. The van der Waals surface area contributed by atoms with Crippen LogP contribution in [0.4, 0.5) is 8.78 Å². The normalized spacial score (nSPS) is 20.8. The van der Waals surface area contributed by atoms with Gasteiger partial charge in [-0.05, 0) is 31.5 Å². The fourth-order valence-corrected chi connectivity index (χ4v) is 1.99. The molecule has 1 aromatic rings. The maximum atomic E-state index is 13.4. The zero-order valence-corrected chi connectivity index (χ0v) is 8.80. The van der Waals surface area contributed by atoms with Crippen molar-refractivity contribution in [2.45, 2.75) is 12.8 Å². The molecule has 1 N–H and O–H groups in total. The Labute approximate surface area is 92.7 Å². The molecule has 1 fully saturated rings. The third-order valence-corrected chi connectivity index (χ3v) is 2.88. The maximum absolute atomic E-state index is 13.4. The zero-order valence-electron chi connectivity index (χ0n) is 8.80. The van der Waals surface area contributed by atoms with Gasteiger partial charge in [0.1, 0.15) is 0 Å². The fraction of sp³-hybridized carbons (Fsp3) is 0.417. The SMILES string of the molecule is O=C(c1cccc(F)c1F)C1CCCNC1. The van der Waals surface area contributed by atoms with Gasteiger partial charge in [-0.2, -0.15) is 0 Å². The summed E-state index contributed by atoms with van der Waals surface area (Å²) in [5, 5.41) is 3.08. The van der Waals surface area contributed by atoms with Crippen LogP contribution >= 0.6 is 0 Å². The van der Waals surface area contributed by atoms with E-state index in [1.807, 2.05) is 0 Å². The quantitative estimate of drug-likeness (QED) is 0.781. The van der Waals surface area contributed by atoms with E-state index in [0.29, 0.717) is 6.54 Å². The van der Waals surface area contributed by atoms with Crippen LogP contribution in [-0.2, 0) is 0 Å². The van der Waals surface area contributed by atoms with Gasteiger partial charge < -0.3 is 5.32 Å². The van der Waals surface area contributed by atoms with Crippen LogP contribution in [0.3, 0.4) is 0 Å². The largest absolute Gasteiger partial charge is 0.316 e. The van der Waals surface area contributed by atoms with Gasteiger partial charge in [-0.25, -0.2) is 8.78 Å². The highest BCUT2D eigenvalue weighted by molar-refractivity contribution is 5.98. The van der Waals surface area contributed by atoms with Crippen LogP contribution < -0.4 is 5.32 Å². The second-order valence-electron chi connectivity index (χ2n) is 4.01. The first-order valence-corrected chi connectivity index (χ1v) is 5.39. The summed E-state index contributed by atoms with van der Waals surface area (Å²) in [6, 6.07) is 3.72. The highest BCUT2D eigenvalue weighted by atomic mass is 19.2. The van der Waals surface area contributed by atoms with Gasteiger partial charge in [0.15, 0.2) is 17.4 Å². The molecule has 0 amide bonds. The number of rotatable bonds is 2. The second-order valence-corrected chi connectivity index (χ2v) is 4.01. The van der Waals surface area contributed by atoms with Crippen molar-refractivity contribution in [3.05, 3.63) is 35.4 Å². The van der Waals surface area contributed by atoms with E-state index < -0.39 is 11.6 Å². The summed E-state index contributed by atoms with van der Waals surface area (Å²) in [7, 11) is 0. The molecule has 0 saturated carbocycles. The number of Topliss-reactive ketones (excluding diaryl/α,β-unsaturated/α-hetero) is 1. The van der Waals surface area contributed by atoms with Crippen molar-refractivity contribution in [2.75, 3.05) is 13.1 Å². The van der Waals surface area contributed by atoms with Crippen LogP contribution in [0.15, 0.2) is 18.2 Å². The van der Waals surface area contributed by atoms with Crippen LogP contribution in [0, 0.1) is 17.6 Å². The number of hydrogen-bond donors (Lipinski definition) is 1. The second kappa shape index (κ2) is 4.70. The molecule has 1 heterocycles. The van der Waals surface area contributed by atoms with Crippen LogP contribution in [-0.4, -0.2) is 18.9 Å². The predicted octanol–water partition coefficient (Wildman–Crippen LogP) is 2.15. The molecule has 1 atom stereocenters. The summed E-state index contributed by atoms with van der Waals surface area (Å²) >= 11 is 0. The van der Waals surface area contributed by atoms with Gasteiger partial charge in [0.25, 0.3) is 0 Å². The molecular weight excluding hydrogens is 212 g/mol. The van der Waals surface area contributed by atoms with E-state index in [1.54, 1.807) is 0 Å². The molecule has 0 aliphatic carbocycles. The number of benzene rings is 1. The molecule has 0 aromatic heterocycles. The fourth-order valence-electron chi connectivity index (χ4n) is 1.99. The topological polar surface area (TPSA) is 29.1 Å². The summed E-state index contributed by atoms with van der Waals surface area (Å²) in [6.07, 6.45) is 1.63. The van der Waals surface area contributed by atoms with Crippen LogP contribution in [0.25, 0.3) is 0 Å². The zero-order chi connectivity index (χ0) is 11.5. The van der Waals surface area contributed by atoms with Gasteiger partial charge in [-0.15, -0.1) is 0 Å². The van der Waals surface area contributed by atoms with Crippen LogP contribution in [0.5, 0.6) is 0 Å². The molecule has 1 aliphatic heterocycles. The Kier molecular flexibility index (Phi) is 3.29. The standard InChI is InChI=1S/C12H13F2NO/c13-10-5-1-4-9(11(10)14)12(16)8-3-2-6-15-7-8/h1,4-5,8,15H,2-3,6-7H2. The average molecular weight is 225 g/mol. The molecule has 2 rings (SSSR count). The van der Waals surface area contributed by atoms with Crippen molar-refractivity contribution in [1.29, 1.82) is 0 Å². The average Bonchev–Trinajstić information content (AvgIpc) is 2.33. The Hall–Kier alpha value is -1.29. The molecule has 0 spiro atoms. The smallest absolute Gasteiger partial charge is 0.170 e. The van der Waals surface area contributed by atoms with E-state index >= 15 is 0 Å². The Morgan fingerprint density at radius 2 is 2.19 bits per heavy atom. The van der Waals surface area contributed by atoms with Gasteiger partial charge in [0.2, 0.25) is 0 Å². The first-order chi connectivity index (χ1) is 7.70. The van der Waals surface area contributed by atoms with Gasteiger partial charge in [-0.1, -0.05) is 6.07 Å². The Bertz CT molecular complexity index is 400. The number of carbonyl (C=O) groups excluding carboxylic acids is 1. The molecule has 0 bridgehead atoms. The lowest BCUT2D eigenvalue weighted by atomic mass is 9.91. The molecule has 1 aromatic carbocycles. The molecule has 4 heteroatoms. The van der Waals surface area contributed by atoms with E-state index in [9.17, 15) is 13.6 Å². The Morgan fingerprint density at radius 1 is 1.38 bits per heavy atom. The highest BCUT2D eigenvalue weighted by Gasteiger charge is 2.25. The van der Waals surface area contributed by atoms with E-state index in [4.69, 9.17) is 0 Å². The molecule has 86 valence electrons. The van der Waals surface area contributed by atoms with Crippen molar-refractivity contribution in [1.82, 2.24) is 5.32 Å². The Balaban J connectivity index is 2.22. The third kappa shape index (κ3) is 2.11. The monoisotopic (exact) mass is 225 g/mol. The summed E-state index contributed by atoms with van der Waals surface area (Å²) in [6.45, 7) is 1.43. The molecule has 1 aliphatic rings. The number of halogens is 2. The lowest BCUT2D eigenvalue weighted by Crippen LogP contribution is -2.34. The van der Waals surface area contributed by atoms with E-state index in [1.165, 1.54) is 12.1 Å². The minimum atomic E-state index is -1.03. The minimum Gasteiger partial charge on any atom is -0.316 e. The number of nitrogens with one attached hydrogen (secondary N) is 1. The van der Waals surface area contributed by atoms with Gasteiger partial charge in [-0.3, -0.25) is 4.79 Å². The van der Waals surface area contributed by atoms with E-state index in [0.717, 1.165) is 25.5 Å². The van der Waals surface area contributed by atoms with Crippen molar-refractivity contribution in [3.63, 3.8) is 0 Å². The maximum Gasteiger partial charge on any atom is 0.170 e. The predicted molar refractivity (Wildman–Crippen MR) is 56.3 cm³/mol. The molecule has 1 unspecified atom stereocenters. The van der Waals surface area contributed by atoms with Gasteiger partial charge in [0, 0.05) is 12.5 Å². The molecule has 0 radical (unpaired) electrons. The third-order valence-electron chi connectivity index (χ3n) is 2.88. The number of piperidine rings is 1. The number of ketones is 1. The van der Waals surface area contributed by atoms with Crippen molar-refractivity contribution >= 4 is 5.78 Å². The minimum absolute atomic E-state index is 0.131. The number of carbonyl (C=O) groups is 1. The van der Waals surface area contributed by atoms with Crippen molar-refractivity contribution in [3.8, 4) is 0 Å². The van der Waals surface area contributed by atoms with Crippen molar-refractivity contribution < 1.29 is 13.6 Å². The summed E-state index contributed by atoms with van der Waals surface area (Å²) < 4.78 is 26.4. The highest BCUT2D eigenvalue weighted by Crippen LogP contribution is 2.20. The van der Waals surface area contributed by atoms with Gasteiger partial charge >= 0.3 is 0 Å². The van der Waals surface area contributed by atoms with Crippen LogP contribution in [0.1, 0.15) is 23.2 Å². The summed E-state index contributed by atoms with van der Waals surface area (Å²) in [4.78, 5) is 11.9. The van der Waals surface area contributed by atoms with E-state index in [2.05, 4.69) is 5.32 Å². The molecule has 1 saturated heterocycles. The lowest BCUT2D eigenvalue weighted by molar-refractivity contribution is 0.0894. The molecule has 16 heavy (non-hydrogen) atoms. The first-order valence-electron chi connectivity index (χ1n) is 5.39.